The van der Waals surface area contributed by atoms with E-state index in [4.69, 9.17) is 0 Å². The number of nitrogens with zero attached hydrogens (tertiary/aromatic N) is 3. The summed E-state index contributed by atoms with van der Waals surface area (Å²) in [6, 6.07) is 6.39. The molecular formula is C17H24N4OS. The van der Waals surface area contributed by atoms with E-state index in [2.05, 4.69) is 34.0 Å². The molecule has 0 aliphatic carbocycles. The normalized spacial score (nSPS) is 17.5. The Balaban J connectivity index is 1.60. The van der Waals surface area contributed by atoms with Gasteiger partial charge in [-0.3, -0.25) is 0 Å². The van der Waals surface area contributed by atoms with Crippen LogP contribution in [-0.2, 0) is 0 Å². The second kappa shape index (κ2) is 7.27. The van der Waals surface area contributed by atoms with E-state index in [1.807, 2.05) is 23.6 Å². The van der Waals surface area contributed by atoms with E-state index in [-0.39, 0.29) is 6.10 Å². The summed E-state index contributed by atoms with van der Waals surface area (Å²) in [6.07, 6.45) is 3.25. The number of rotatable bonds is 5. The summed E-state index contributed by atoms with van der Waals surface area (Å²) >= 11 is 1.64. The predicted molar refractivity (Wildman–Crippen MR) is 95.0 cm³/mol. The van der Waals surface area contributed by atoms with E-state index in [1.165, 1.54) is 0 Å². The van der Waals surface area contributed by atoms with Crippen molar-refractivity contribution in [2.24, 2.45) is 5.92 Å². The van der Waals surface area contributed by atoms with Gasteiger partial charge in [-0.1, -0.05) is 6.07 Å². The Hall–Kier alpha value is -1.66. The van der Waals surface area contributed by atoms with E-state index < -0.39 is 0 Å². The molecule has 5 nitrogen and oxygen atoms in total. The molecule has 3 heterocycles. The molecule has 2 aromatic heterocycles. The molecule has 2 aromatic rings. The lowest BCUT2D eigenvalue weighted by atomic mass is 9.90. The van der Waals surface area contributed by atoms with Crippen LogP contribution in [0.25, 0.3) is 0 Å². The van der Waals surface area contributed by atoms with Crippen LogP contribution in [0.2, 0.25) is 0 Å². The van der Waals surface area contributed by atoms with Crippen molar-refractivity contribution < 1.29 is 5.11 Å². The zero-order chi connectivity index (χ0) is 16.2. The molecule has 0 saturated carbocycles. The van der Waals surface area contributed by atoms with Crippen molar-refractivity contribution in [3.05, 3.63) is 34.8 Å². The van der Waals surface area contributed by atoms with Crippen molar-refractivity contribution in [3.63, 3.8) is 0 Å². The Morgan fingerprint density at radius 1 is 1.30 bits per heavy atom. The van der Waals surface area contributed by atoms with Crippen molar-refractivity contribution in [2.75, 3.05) is 23.3 Å². The molecule has 0 bridgehead atoms. The summed E-state index contributed by atoms with van der Waals surface area (Å²) in [5.41, 5.74) is 0. The van der Waals surface area contributed by atoms with E-state index >= 15 is 0 Å². The SMILES string of the molecule is CC(C)Nc1cc(N2CCC(C(O)c3cccs3)CC2)ncn1. The number of hydrogen-bond donors (Lipinski definition) is 2. The van der Waals surface area contributed by atoms with Crippen molar-refractivity contribution in [1.29, 1.82) is 0 Å². The molecule has 2 N–H and O–H groups in total. The molecular weight excluding hydrogens is 308 g/mol. The van der Waals surface area contributed by atoms with Crippen LogP contribution >= 0.6 is 11.3 Å². The first kappa shape index (κ1) is 16.2. The van der Waals surface area contributed by atoms with E-state index in [0.717, 1.165) is 42.4 Å². The number of anilines is 2. The van der Waals surface area contributed by atoms with Crippen LogP contribution in [0.15, 0.2) is 29.9 Å². The number of aromatic nitrogens is 2. The Morgan fingerprint density at radius 3 is 2.74 bits per heavy atom. The molecule has 1 atom stereocenters. The second-order valence-electron chi connectivity index (χ2n) is 6.35. The zero-order valence-electron chi connectivity index (χ0n) is 13.6. The Labute approximate surface area is 141 Å². The topological polar surface area (TPSA) is 61.3 Å². The lowest BCUT2D eigenvalue weighted by Crippen LogP contribution is -2.36. The third-order valence-electron chi connectivity index (χ3n) is 4.23. The predicted octanol–water partition coefficient (Wildman–Crippen LogP) is 3.31. The maximum Gasteiger partial charge on any atom is 0.134 e. The van der Waals surface area contributed by atoms with Gasteiger partial charge in [0, 0.05) is 30.1 Å². The van der Waals surface area contributed by atoms with Gasteiger partial charge in [0.1, 0.15) is 18.0 Å². The molecule has 0 aromatic carbocycles. The molecule has 6 heteroatoms. The van der Waals surface area contributed by atoms with Crippen molar-refractivity contribution in [3.8, 4) is 0 Å². The van der Waals surface area contributed by atoms with Crippen molar-refractivity contribution in [1.82, 2.24) is 9.97 Å². The van der Waals surface area contributed by atoms with Crippen LogP contribution in [0.1, 0.15) is 37.7 Å². The number of aliphatic hydroxyl groups is 1. The number of nitrogens with one attached hydrogen (secondary N) is 1. The summed E-state index contributed by atoms with van der Waals surface area (Å²) in [5.74, 6) is 2.16. The number of hydrogen-bond acceptors (Lipinski definition) is 6. The summed E-state index contributed by atoms with van der Waals surface area (Å²) in [4.78, 5) is 12.0. The van der Waals surface area contributed by atoms with Gasteiger partial charge in [0.05, 0.1) is 6.10 Å². The lowest BCUT2D eigenvalue weighted by molar-refractivity contribution is 0.0960. The van der Waals surface area contributed by atoms with E-state index in [1.54, 1.807) is 17.7 Å². The molecule has 3 rings (SSSR count). The number of aliphatic hydroxyl groups excluding tert-OH is 1. The first-order valence-electron chi connectivity index (χ1n) is 8.18. The molecule has 1 saturated heterocycles. The quantitative estimate of drug-likeness (QED) is 0.879. The van der Waals surface area contributed by atoms with Gasteiger partial charge in [-0.2, -0.15) is 0 Å². The van der Waals surface area contributed by atoms with Crippen LogP contribution in [0.5, 0.6) is 0 Å². The first-order chi connectivity index (χ1) is 11.1. The zero-order valence-corrected chi connectivity index (χ0v) is 14.5. The highest BCUT2D eigenvalue weighted by Crippen LogP contribution is 2.34. The van der Waals surface area contributed by atoms with Gasteiger partial charge >= 0.3 is 0 Å². The number of piperidine rings is 1. The molecule has 1 fully saturated rings. The third-order valence-corrected chi connectivity index (χ3v) is 5.18. The van der Waals surface area contributed by atoms with Gasteiger partial charge in [0.25, 0.3) is 0 Å². The molecule has 1 aliphatic rings. The summed E-state index contributed by atoms with van der Waals surface area (Å²) < 4.78 is 0. The van der Waals surface area contributed by atoms with Gasteiger partial charge in [0.15, 0.2) is 0 Å². The fraction of sp³-hybridized carbons (Fsp3) is 0.529. The molecule has 1 aliphatic heterocycles. The van der Waals surface area contributed by atoms with Crippen molar-refractivity contribution >= 4 is 23.0 Å². The van der Waals surface area contributed by atoms with E-state index in [0.29, 0.717) is 12.0 Å². The first-order valence-corrected chi connectivity index (χ1v) is 9.06. The Bertz CT molecular complexity index is 609. The maximum atomic E-state index is 10.5. The second-order valence-corrected chi connectivity index (χ2v) is 7.32. The van der Waals surface area contributed by atoms with Crippen LogP contribution in [0.4, 0.5) is 11.6 Å². The van der Waals surface area contributed by atoms with Crippen LogP contribution in [-0.4, -0.2) is 34.2 Å². The lowest BCUT2D eigenvalue weighted by Gasteiger charge is -2.34. The highest BCUT2D eigenvalue weighted by atomic mass is 32.1. The van der Waals surface area contributed by atoms with Crippen LogP contribution in [0.3, 0.4) is 0 Å². The third kappa shape index (κ3) is 4.00. The summed E-state index contributed by atoms with van der Waals surface area (Å²) in [5, 5.41) is 15.8. The van der Waals surface area contributed by atoms with Gasteiger partial charge in [0.2, 0.25) is 0 Å². The Kier molecular flexibility index (Phi) is 5.13. The summed E-state index contributed by atoms with van der Waals surface area (Å²) in [6.45, 7) is 6.04. The van der Waals surface area contributed by atoms with Crippen LogP contribution < -0.4 is 10.2 Å². The molecule has 23 heavy (non-hydrogen) atoms. The molecule has 0 spiro atoms. The minimum absolute atomic E-state index is 0.333. The number of thiophene rings is 1. The van der Waals surface area contributed by atoms with Gasteiger partial charge in [-0.25, -0.2) is 9.97 Å². The average molecular weight is 332 g/mol. The maximum absolute atomic E-state index is 10.5. The van der Waals surface area contributed by atoms with Gasteiger partial charge in [-0.15, -0.1) is 11.3 Å². The smallest absolute Gasteiger partial charge is 0.134 e. The molecule has 124 valence electrons. The minimum atomic E-state index is -0.333. The highest BCUT2D eigenvalue weighted by molar-refractivity contribution is 7.10. The standard InChI is InChI=1S/C17H24N4OS/c1-12(2)20-15-10-16(19-11-18-15)21-7-5-13(6-8-21)17(22)14-4-3-9-23-14/h3-4,9-13,17,22H,5-8H2,1-2H3,(H,18,19,20). The van der Waals surface area contributed by atoms with Gasteiger partial charge in [-0.05, 0) is 44.1 Å². The Morgan fingerprint density at radius 2 is 2.09 bits per heavy atom. The highest BCUT2D eigenvalue weighted by Gasteiger charge is 2.27. The molecule has 0 radical (unpaired) electrons. The molecule has 0 amide bonds. The van der Waals surface area contributed by atoms with Crippen molar-refractivity contribution in [2.45, 2.75) is 38.8 Å². The monoisotopic (exact) mass is 332 g/mol. The molecule has 1 unspecified atom stereocenters. The van der Waals surface area contributed by atoms with Crippen LogP contribution in [0, 0.1) is 5.92 Å². The van der Waals surface area contributed by atoms with Gasteiger partial charge < -0.3 is 15.3 Å². The summed E-state index contributed by atoms with van der Waals surface area (Å²) in [7, 11) is 0. The van der Waals surface area contributed by atoms with E-state index in [9.17, 15) is 5.11 Å². The average Bonchev–Trinajstić information content (AvgIpc) is 3.08. The fourth-order valence-electron chi connectivity index (χ4n) is 3.03. The fourth-order valence-corrected chi connectivity index (χ4v) is 3.83. The minimum Gasteiger partial charge on any atom is -0.387 e. The largest absolute Gasteiger partial charge is 0.387 e.